The molecule has 7 nitrogen and oxygen atoms in total. The Morgan fingerprint density at radius 1 is 0.933 bits per heavy atom. The Hall–Kier alpha value is -3.35. The Labute approximate surface area is 177 Å². The van der Waals surface area contributed by atoms with Gasteiger partial charge in [-0.05, 0) is 48.4 Å². The van der Waals surface area contributed by atoms with E-state index in [-0.39, 0.29) is 24.3 Å². The van der Waals surface area contributed by atoms with E-state index in [4.69, 9.17) is 4.74 Å². The lowest BCUT2D eigenvalue weighted by Crippen LogP contribution is -2.37. The molecule has 30 heavy (non-hydrogen) atoms. The van der Waals surface area contributed by atoms with Gasteiger partial charge in [0, 0.05) is 31.8 Å². The summed E-state index contributed by atoms with van der Waals surface area (Å²) >= 11 is 0. The number of hydrogen-bond acceptors (Lipinski definition) is 4. The van der Waals surface area contributed by atoms with Gasteiger partial charge in [0.05, 0.1) is 13.2 Å². The molecule has 0 atom stereocenters. The summed E-state index contributed by atoms with van der Waals surface area (Å²) in [6, 6.07) is 13.9. The highest BCUT2D eigenvalue weighted by atomic mass is 16.5. The van der Waals surface area contributed by atoms with Crippen LogP contribution in [0.3, 0.4) is 0 Å². The summed E-state index contributed by atoms with van der Waals surface area (Å²) in [6.07, 6.45) is 2.04. The Morgan fingerprint density at radius 2 is 1.53 bits per heavy atom. The highest BCUT2D eigenvalue weighted by Gasteiger charge is 2.13. The predicted octanol–water partition coefficient (Wildman–Crippen LogP) is 2.61. The summed E-state index contributed by atoms with van der Waals surface area (Å²) in [5.74, 6) is 0.0394. The average Bonchev–Trinajstić information content (AvgIpc) is 2.77. The van der Waals surface area contributed by atoms with Crippen molar-refractivity contribution in [2.75, 3.05) is 27.2 Å². The molecule has 2 rings (SSSR count). The second kappa shape index (κ2) is 11.6. The van der Waals surface area contributed by atoms with Crippen LogP contribution in [0, 0.1) is 0 Å². The molecule has 0 aliphatic rings. The molecule has 0 aliphatic carbocycles. The lowest BCUT2D eigenvalue weighted by atomic mass is 10.1. The van der Waals surface area contributed by atoms with Gasteiger partial charge in [-0.25, -0.2) is 0 Å². The fourth-order valence-corrected chi connectivity index (χ4v) is 2.70. The van der Waals surface area contributed by atoms with Gasteiger partial charge >= 0.3 is 0 Å². The number of hydrogen-bond donors (Lipinski definition) is 2. The Kier molecular flexibility index (Phi) is 8.87. The maximum absolute atomic E-state index is 12.3. The number of unbranched alkanes of at least 4 members (excludes halogenated alkanes) is 1. The average molecular weight is 412 g/mol. The third-order valence-corrected chi connectivity index (χ3v) is 4.57. The molecule has 7 heteroatoms. The van der Waals surface area contributed by atoms with Crippen molar-refractivity contribution < 1.29 is 19.1 Å². The molecule has 160 valence electrons. The fourth-order valence-electron chi connectivity index (χ4n) is 2.70. The number of carbonyl (C=O) groups excluding carboxylic acids is 3. The first kappa shape index (κ1) is 22.9. The van der Waals surface area contributed by atoms with Crippen molar-refractivity contribution >= 4 is 17.7 Å². The zero-order valence-electron chi connectivity index (χ0n) is 17.7. The molecule has 0 aliphatic heterocycles. The summed E-state index contributed by atoms with van der Waals surface area (Å²) < 4.78 is 5.58. The lowest BCUT2D eigenvalue weighted by molar-refractivity contribution is -0.129. The van der Waals surface area contributed by atoms with Crippen molar-refractivity contribution in [1.29, 1.82) is 0 Å². The molecular formula is C23H29N3O4. The highest BCUT2D eigenvalue weighted by molar-refractivity contribution is 5.96. The number of amides is 3. The highest BCUT2D eigenvalue weighted by Crippen LogP contribution is 2.13. The molecule has 0 heterocycles. The first-order valence-electron chi connectivity index (χ1n) is 10.0. The van der Waals surface area contributed by atoms with Crippen LogP contribution in [0.15, 0.2) is 48.5 Å². The predicted molar refractivity (Wildman–Crippen MR) is 115 cm³/mol. The number of ether oxygens (including phenoxy) is 1. The van der Waals surface area contributed by atoms with Crippen LogP contribution in [0.5, 0.6) is 5.75 Å². The number of rotatable bonds is 10. The van der Waals surface area contributed by atoms with Gasteiger partial charge in [-0.1, -0.05) is 25.5 Å². The van der Waals surface area contributed by atoms with E-state index in [0.717, 1.165) is 24.2 Å². The molecular weight excluding hydrogens is 382 g/mol. The molecule has 0 saturated carbocycles. The van der Waals surface area contributed by atoms with Crippen LogP contribution < -0.4 is 15.4 Å². The van der Waals surface area contributed by atoms with E-state index in [1.165, 1.54) is 4.90 Å². The monoisotopic (exact) mass is 411 g/mol. The molecule has 0 unspecified atom stereocenters. The van der Waals surface area contributed by atoms with Gasteiger partial charge in [-0.3, -0.25) is 14.4 Å². The molecule has 0 fully saturated rings. The molecule has 0 spiro atoms. The van der Waals surface area contributed by atoms with E-state index in [1.807, 2.05) is 0 Å². The van der Waals surface area contributed by atoms with Gasteiger partial charge in [0.1, 0.15) is 5.75 Å². The zero-order chi connectivity index (χ0) is 21.9. The number of nitrogens with one attached hydrogen (secondary N) is 2. The summed E-state index contributed by atoms with van der Waals surface area (Å²) in [4.78, 5) is 37.7. The van der Waals surface area contributed by atoms with Crippen LogP contribution in [0.2, 0.25) is 0 Å². The van der Waals surface area contributed by atoms with Crippen molar-refractivity contribution in [3.63, 3.8) is 0 Å². The van der Waals surface area contributed by atoms with Crippen molar-refractivity contribution in [2.45, 2.75) is 26.3 Å². The van der Waals surface area contributed by atoms with Crippen LogP contribution in [0.1, 0.15) is 46.0 Å². The molecule has 2 aromatic rings. The molecule has 2 N–H and O–H groups in total. The maximum atomic E-state index is 12.3. The smallest absolute Gasteiger partial charge is 0.251 e. The Morgan fingerprint density at radius 3 is 2.13 bits per heavy atom. The topological polar surface area (TPSA) is 87.7 Å². The first-order chi connectivity index (χ1) is 14.4. The molecule has 0 radical (unpaired) electrons. The number of nitrogens with zero attached hydrogens (tertiary/aromatic N) is 1. The maximum Gasteiger partial charge on any atom is 0.251 e. The number of likely N-dealkylation sites (N-methyl/N-ethyl adjacent to an activating group) is 1. The minimum Gasteiger partial charge on any atom is -0.494 e. The van der Waals surface area contributed by atoms with Crippen molar-refractivity contribution in [3.05, 3.63) is 65.2 Å². The minimum atomic E-state index is -0.313. The summed E-state index contributed by atoms with van der Waals surface area (Å²) in [5.41, 5.74) is 1.92. The van der Waals surface area contributed by atoms with E-state index >= 15 is 0 Å². The van der Waals surface area contributed by atoms with Gasteiger partial charge in [-0.2, -0.15) is 0 Å². The van der Waals surface area contributed by atoms with Gasteiger partial charge in [0.25, 0.3) is 11.8 Å². The van der Waals surface area contributed by atoms with E-state index in [2.05, 4.69) is 17.6 Å². The molecule has 2 aromatic carbocycles. The van der Waals surface area contributed by atoms with Crippen molar-refractivity contribution in [1.82, 2.24) is 15.5 Å². The van der Waals surface area contributed by atoms with Crippen LogP contribution >= 0.6 is 0 Å². The standard InChI is InChI=1S/C23H29N3O4/c1-4-5-14-30-20-12-10-19(11-13-20)23(29)25-15-21(27)26(3)16-17-6-8-18(9-7-17)22(28)24-2/h6-13H,4-5,14-16H2,1-3H3,(H,24,28)(H,25,29). The Balaban J connectivity index is 1.81. The lowest BCUT2D eigenvalue weighted by Gasteiger charge is -2.18. The second-order valence-electron chi connectivity index (χ2n) is 6.93. The largest absolute Gasteiger partial charge is 0.494 e. The Bertz CT molecular complexity index is 848. The van der Waals surface area contributed by atoms with Crippen molar-refractivity contribution in [3.8, 4) is 5.75 Å². The molecule has 0 aromatic heterocycles. The quantitative estimate of drug-likeness (QED) is 0.589. The minimum absolute atomic E-state index is 0.0968. The number of carbonyl (C=O) groups is 3. The van der Waals surface area contributed by atoms with Crippen LogP contribution in [0.4, 0.5) is 0 Å². The van der Waals surface area contributed by atoms with Crippen LogP contribution in [-0.2, 0) is 11.3 Å². The fraction of sp³-hybridized carbons (Fsp3) is 0.348. The van der Waals surface area contributed by atoms with E-state index < -0.39 is 0 Å². The third-order valence-electron chi connectivity index (χ3n) is 4.57. The SMILES string of the molecule is CCCCOc1ccc(C(=O)NCC(=O)N(C)Cc2ccc(C(=O)NC)cc2)cc1. The summed E-state index contributed by atoms with van der Waals surface area (Å²) in [5, 5.41) is 5.21. The van der Waals surface area contributed by atoms with Gasteiger partial charge in [-0.15, -0.1) is 0 Å². The summed E-state index contributed by atoms with van der Waals surface area (Å²) in [6.45, 7) is 3.03. The first-order valence-corrected chi connectivity index (χ1v) is 10.0. The summed E-state index contributed by atoms with van der Waals surface area (Å²) in [7, 11) is 3.25. The van der Waals surface area contributed by atoms with Gasteiger partial charge < -0.3 is 20.3 Å². The van der Waals surface area contributed by atoms with Crippen LogP contribution in [-0.4, -0.2) is 49.9 Å². The van der Waals surface area contributed by atoms with Crippen molar-refractivity contribution in [2.24, 2.45) is 0 Å². The normalized spacial score (nSPS) is 10.2. The molecule has 0 saturated heterocycles. The van der Waals surface area contributed by atoms with E-state index in [0.29, 0.717) is 24.3 Å². The van der Waals surface area contributed by atoms with E-state index in [1.54, 1.807) is 62.6 Å². The van der Waals surface area contributed by atoms with Gasteiger partial charge in [0.2, 0.25) is 5.91 Å². The molecule has 3 amide bonds. The zero-order valence-corrected chi connectivity index (χ0v) is 17.7. The van der Waals surface area contributed by atoms with Crippen LogP contribution in [0.25, 0.3) is 0 Å². The molecule has 0 bridgehead atoms. The van der Waals surface area contributed by atoms with E-state index in [9.17, 15) is 14.4 Å². The van der Waals surface area contributed by atoms with Gasteiger partial charge in [0.15, 0.2) is 0 Å². The number of benzene rings is 2. The second-order valence-corrected chi connectivity index (χ2v) is 6.93. The third kappa shape index (κ3) is 6.92.